The molecule has 0 aliphatic rings. The summed E-state index contributed by atoms with van der Waals surface area (Å²) in [6.45, 7) is 6.06. The molecule has 3 nitrogen and oxygen atoms in total. The average molecular weight is 381 g/mol. The van der Waals surface area contributed by atoms with E-state index in [0.717, 1.165) is 47.4 Å². The molecule has 0 aliphatic carbocycles. The molecule has 18 heavy (non-hydrogen) atoms. The van der Waals surface area contributed by atoms with Crippen molar-refractivity contribution in [1.29, 1.82) is 0 Å². The number of halogens is 2. The smallest absolute Gasteiger partial charge is 0.147 e. The first kappa shape index (κ1) is 16.0. The molecule has 0 unspecified atom stereocenters. The molecule has 0 atom stereocenters. The van der Waals surface area contributed by atoms with Crippen LogP contribution in [0.25, 0.3) is 0 Å². The van der Waals surface area contributed by atoms with Crippen molar-refractivity contribution in [1.82, 2.24) is 5.32 Å². The van der Waals surface area contributed by atoms with E-state index in [-0.39, 0.29) is 0 Å². The Morgan fingerprint density at radius 1 is 1.11 bits per heavy atom. The minimum Gasteiger partial charge on any atom is -0.490 e. The average Bonchev–Trinajstić information content (AvgIpc) is 2.35. The molecular weight excluding hydrogens is 362 g/mol. The van der Waals surface area contributed by atoms with Crippen LogP contribution in [0.5, 0.6) is 5.75 Å². The predicted molar refractivity (Wildman–Crippen MR) is 81.3 cm³/mol. The second kappa shape index (κ2) is 9.78. The van der Waals surface area contributed by atoms with Crippen molar-refractivity contribution >= 4 is 31.9 Å². The van der Waals surface area contributed by atoms with Crippen molar-refractivity contribution < 1.29 is 9.47 Å². The second-order valence-corrected chi connectivity index (χ2v) is 5.41. The van der Waals surface area contributed by atoms with Crippen LogP contribution in [0.2, 0.25) is 0 Å². The molecule has 0 fully saturated rings. The van der Waals surface area contributed by atoms with Gasteiger partial charge < -0.3 is 14.8 Å². The van der Waals surface area contributed by atoms with E-state index in [0.29, 0.717) is 6.61 Å². The van der Waals surface area contributed by atoms with E-state index >= 15 is 0 Å². The van der Waals surface area contributed by atoms with Crippen LogP contribution in [-0.4, -0.2) is 32.9 Å². The zero-order chi connectivity index (χ0) is 13.2. The monoisotopic (exact) mass is 379 g/mol. The van der Waals surface area contributed by atoms with Gasteiger partial charge in [0.1, 0.15) is 12.4 Å². The molecule has 0 amide bonds. The molecule has 0 aliphatic heterocycles. The minimum absolute atomic E-state index is 0.649. The molecule has 0 heterocycles. The number of hydrogen-bond donors (Lipinski definition) is 1. The summed E-state index contributed by atoms with van der Waals surface area (Å²) in [7, 11) is 0. The summed E-state index contributed by atoms with van der Waals surface area (Å²) in [5.74, 6) is 0.855. The van der Waals surface area contributed by atoms with Gasteiger partial charge in [0.2, 0.25) is 0 Å². The third-order valence-electron chi connectivity index (χ3n) is 2.29. The first-order chi connectivity index (χ1) is 8.75. The Morgan fingerprint density at radius 2 is 1.83 bits per heavy atom. The zero-order valence-electron chi connectivity index (χ0n) is 10.5. The molecule has 0 saturated heterocycles. The largest absolute Gasteiger partial charge is 0.490 e. The van der Waals surface area contributed by atoms with Crippen LogP contribution in [-0.2, 0) is 4.74 Å². The standard InChI is InChI=1S/C13H19Br2NO2/c1-2-17-9-4-7-16-8-10-18-13-11(14)5-3-6-12(13)15/h3,5-6,16H,2,4,7-10H2,1H3. The number of para-hydroxylation sites is 1. The van der Waals surface area contributed by atoms with Crippen LogP contribution in [0.15, 0.2) is 27.1 Å². The third-order valence-corrected chi connectivity index (χ3v) is 3.54. The van der Waals surface area contributed by atoms with E-state index < -0.39 is 0 Å². The van der Waals surface area contributed by atoms with Gasteiger partial charge in [-0.25, -0.2) is 0 Å². The van der Waals surface area contributed by atoms with Crippen molar-refractivity contribution in [2.75, 3.05) is 32.9 Å². The molecule has 0 bridgehead atoms. The lowest BCUT2D eigenvalue weighted by atomic mass is 10.3. The second-order valence-electron chi connectivity index (χ2n) is 3.70. The maximum atomic E-state index is 5.71. The van der Waals surface area contributed by atoms with Gasteiger partial charge in [-0.05, 0) is 63.9 Å². The van der Waals surface area contributed by atoms with E-state index in [4.69, 9.17) is 9.47 Å². The van der Waals surface area contributed by atoms with Crippen molar-refractivity contribution in [2.45, 2.75) is 13.3 Å². The highest BCUT2D eigenvalue weighted by atomic mass is 79.9. The maximum absolute atomic E-state index is 5.71. The van der Waals surface area contributed by atoms with Crippen LogP contribution in [0, 0.1) is 0 Å². The minimum atomic E-state index is 0.649. The molecule has 1 aromatic carbocycles. The van der Waals surface area contributed by atoms with Crippen LogP contribution >= 0.6 is 31.9 Å². The van der Waals surface area contributed by atoms with Crippen LogP contribution in [0.4, 0.5) is 0 Å². The van der Waals surface area contributed by atoms with E-state index in [9.17, 15) is 0 Å². The number of hydrogen-bond acceptors (Lipinski definition) is 3. The fourth-order valence-corrected chi connectivity index (χ4v) is 2.64. The van der Waals surface area contributed by atoms with E-state index in [2.05, 4.69) is 37.2 Å². The number of nitrogens with one attached hydrogen (secondary N) is 1. The lowest BCUT2D eigenvalue weighted by Crippen LogP contribution is -2.23. The first-order valence-electron chi connectivity index (χ1n) is 6.11. The summed E-state index contributed by atoms with van der Waals surface area (Å²) >= 11 is 6.93. The Balaban J connectivity index is 2.11. The highest BCUT2D eigenvalue weighted by Crippen LogP contribution is 2.32. The molecule has 1 aromatic rings. The van der Waals surface area contributed by atoms with Gasteiger partial charge in [0.05, 0.1) is 8.95 Å². The van der Waals surface area contributed by atoms with Crippen molar-refractivity contribution in [3.63, 3.8) is 0 Å². The molecule has 102 valence electrons. The molecule has 0 spiro atoms. The third kappa shape index (κ3) is 6.18. The van der Waals surface area contributed by atoms with Gasteiger partial charge in [-0.1, -0.05) is 6.07 Å². The number of ether oxygens (including phenoxy) is 2. The summed E-state index contributed by atoms with van der Waals surface area (Å²) in [5.41, 5.74) is 0. The van der Waals surface area contributed by atoms with Gasteiger partial charge in [-0.3, -0.25) is 0 Å². The zero-order valence-corrected chi connectivity index (χ0v) is 13.7. The van der Waals surface area contributed by atoms with Gasteiger partial charge in [-0.15, -0.1) is 0 Å². The van der Waals surface area contributed by atoms with E-state index in [1.807, 2.05) is 25.1 Å². The normalized spacial score (nSPS) is 10.6. The maximum Gasteiger partial charge on any atom is 0.147 e. The Bertz CT molecular complexity index is 328. The molecule has 0 saturated carbocycles. The predicted octanol–water partition coefficient (Wildman–Crippen LogP) is 3.61. The fourth-order valence-electron chi connectivity index (χ4n) is 1.41. The molecule has 0 aromatic heterocycles. The Labute approximate surface area is 125 Å². The summed E-state index contributed by atoms with van der Waals surface area (Å²) in [4.78, 5) is 0. The van der Waals surface area contributed by atoms with Crippen LogP contribution in [0.3, 0.4) is 0 Å². The first-order valence-corrected chi connectivity index (χ1v) is 7.69. The fraction of sp³-hybridized carbons (Fsp3) is 0.538. The van der Waals surface area contributed by atoms with Gasteiger partial charge in [0.25, 0.3) is 0 Å². The van der Waals surface area contributed by atoms with Crippen molar-refractivity contribution in [2.24, 2.45) is 0 Å². The van der Waals surface area contributed by atoms with Crippen LogP contribution in [0.1, 0.15) is 13.3 Å². The Kier molecular flexibility index (Phi) is 8.67. The Morgan fingerprint density at radius 3 is 2.50 bits per heavy atom. The molecule has 1 N–H and O–H groups in total. The quantitative estimate of drug-likeness (QED) is 0.664. The SMILES string of the molecule is CCOCCCNCCOc1c(Br)cccc1Br. The van der Waals surface area contributed by atoms with Crippen molar-refractivity contribution in [3.8, 4) is 5.75 Å². The highest BCUT2D eigenvalue weighted by molar-refractivity contribution is 9.11. The van der Waals surface area contributed by atoms with Gasteiger partial charge in [0.15, 0.2) is 0 Å². The van der Waals surface area contributed by atoms with Crippen LogP contribution < -0.4 is 10.1 Å². The summed E-state index contributed by atoms with van der Waals surface area (Å²) in [6.07, 6.45) is 1.03. The lowest BCUT2D eigenvalue weighted by molar-refractivity contribution is 0.144. The van der Waals surface area contributed by atoms with Gasteiger partial charge in [-0.2, -0.15) is 0 Å². The molecule has 1 rings (SSSR count). The molecule has 5 heteroatoms. The highest BCUT2D eigenvalue weighted by Gasteiger charge is 2.04. The van der Waals surface area contributed by atoms with E-state index in [1.165, 1.54) is 0 Å². The van der Waals surface area contributed by atoms with Gasteiger partial charge >= 0.3 is 0 Å². The summed E-state index contributed by atoms with van der Waals surface area (Å²) in [6, 6.07) is 5.90. The topological polar surface area (TPSA) is 30.5 Å². The summed E-state index contributed by atoms with van der Waals surface area (Å²) < 4.78 is 12.9. The summed E-state index contributed by atoms with van der Waals surface area (Å²) in [5, 5.41) is 3.32. The Hall–Kier alpha value is -0.100. The lowest BCUT2D eigenvalue weighted by Gasteiger charge is -2.10. The number of benzene rings is 1. The number of rotatable bonds is 9. The molecular formula is C13H19Br2NO2. The molecule has 0 radical (unpaired) electrons. The van der Waals surface area contributed by atoms with Gasteiger partial charge in [0, 0.05) is 19.8 Å². The van der Waals surface area contributed by atoms with E-state index in [1.54, 1.807) is 0 Å². The van der Waals surface area contributed by atoms with Crippen molar-refractivity contribution in [3.05, 3.63) is 27.1 Å².